The molecule has 0 aliphatic heterocycles. The molecule has 0 aromatic carbocycles. The number of rotatable bonds is 3. The van der Waals surface area contributed by atoms with Gasteiger partial charge in [0.25, 0.3) is 0 Å². The van der Waals surface area contributed by atoms with Crippen LogP contribution in [0.2, 0.25) is 0 Å². The average Bonchev–Trinajstić information content (AvgIpc) is 2.40. The lowest BCUT2D eigenvalue weighted by Gasteiger charge is -2.02. The van der Waals surface area contributed by atoms with E-state index >= 15 is 0 Å². The van der Waals surface area contributed by atoms with Crippen LogP contribution in [-0.4, -0.2) is 12.6 Å². The van der Waals surface area contributed by atoms with Gasteiger partial charge in [0.05, 0.1) is 6.61 Å². The van der Waals surface area contributed by atoms with E-state index in [-0.39, 0.29) is 24.9 Å². The van der Waals surface area contributed by atoms with Crippen molar-refractivity contribution in [3.05, 3.63) is 22.6 Å². The van der Waals surface area contributed by atoms with Gasteiger partial charge in [-0.1, -0.05) is 0 Å². The summed E-state index contributed by atoms with van der Waals surface area (Å²) >= 11 is 0. The van der Waals surface area contributed by atoms with Crippen LogP contribution in [0.5, 0.6) is 0 Å². The van der Waals surface area contributed by atoms with Gasteiger partial charge < -0.3 is 14.9 Å². The summed E-state index contributed by atoms with van der Waals surface area (Å²) < 4.78 is 10.2. The van der Waals surface area contributed by atoms with E-state index in [1.54, 1.807) is 20.8 Å². The summed E-state index contributed by atoms with van der Waals surface area (Å²) in [6, 6.07) is 0. The van der Waals surface area contributed by atoms with Crippen LogP contribution in [0.15, 0.2) is 4.42 Å². The largest absolute Gasteiger partial charge is 0.465 e. The fourth-order valence-corrected chi connectivity index (χ4v) is 1.45. The monoisotopic (exact) mass is 233 g/mol. The van der Waals surface area contributed by atoms with Crippen molar-refractivity contribution in [1.29, 1.82) is 0 Å². The first-order valence-corrected chi connectivity index (χ1v) is 4.57. The van der Waals surface area contributed by atoms with Gasteiger partial charge in [-0.15, -0.1) is 12.4 Å². The van der Waals surface area contributed by atoms with Crippen molar-refractivity contribution < 1.29 is 13.9 Å². The molecule has 1 heterocycles. The first-order valence-electron chi connectivity index (χ1n) is 4.57. The second kappa shape index (κ2) is 5.78. The Kier molecular flexibility index (Phi) is 5.39. The molecule has 0 amide bonds. The topological polar surface area (TPSA) is 65.5 Å². The van der Waals surface area contributed by atoms with Gasteiger partial charge in [0.1, 0.15) is 17.1 Å². The average molecular weight is 234 g/mol. The van der Waals surface area contributed by atoms with Gasteiger partial charge in [0.2, 0.25) is 0 Å². The molecule has 0 atom stereocenters. The Bertz CT molecular complexity index is 347. The highest BCUT2D eigenvalue weighted by Crippen LogP contribution is 2.22. The predicted octanol–water partition coefficient (Wildman–Crippen LogP) is 1.95. The minimum Gasteiger partial charge on any atom is -0.465 e. The van der Waals surface area contributed by atoms with Gasteiger partial charge in [-0.2, -0.15) is 0 Å². The predicted molar refractivity (Wildman–Crippen MR) is 59.3 cm³/mol. The summed E-state index contributed by atoms with van der Waals surface area (Å²) in [6.45, 7) is 5.93. The maximum Gasteiger partial charge on any atom is 0.342 e. The molecular weight excluding hydrogens is 218 g/mol. The number of hydrogen-bond donors (Lipinski definition) is 1. The summed E-state index contributed by atoms with van der Waals surface area (Å²) in [4.78, 5) is 11.5. The Morgan fingerprint density at radius 2 is 2.00 bits per heavy atom. The number of nitrogens with two attached hydrogens (primary N) is 1. The van der Waals surface area contributed by atoms with Crippen LogP contribution in [0, 0.1) is 13.8 Å². The SMILES string of the molecule is CCOC(=O)c1c(C)oc(C)c1CN.Cl. The van der Waals surface area contributed by atoms with Crippen LogP contribution in [0.3, 0.4) is 0 Å². The number of hydrogen-bond acceptors (Lipinski definition) is 4. The lowest BCUT2D eigenvalue weighted by Crippen LogP contribution is -2.10. The first kappa shape index (κ1) is 14.0. The maximum atomic E-state index is 11.5. The minimum absolute atomic E-state index is 0. The second-order valence-electron chi connectivity index (χ2n) is 2.99. The Morgan fingerprint density at radius 3 is 2.47 bits per heavy atom. The van der Waals surface area contributed by atoms with Crippen LogP contribution >= 0.6 is 12.4 Å². The number of ether oxygens (including phenoxy) is 1. The van der Waals surface area contributed by atoms with Crippen molar-refractivity contribution in [3.63, 3.8) is 0 Å². The normalized spacial score (nSPS) is 9.60. The van der Waals surface area contributed by atoms with E-state index in [1.165, 1.54) is 0 Å². The van der Waals surface area contributed by atoms with Crippen molar-refractivity contribution in [2.24, 2.45) is 5.73 Å². The van der Waals surface area contributed by atoms with Gasteiger partial charge in [0.15, 0.2) is 0 Å². The van der Waals surface area contributed by atoms with E-state index in [0.717, 1.165) is 5.56 Å². The number of aryl methyl sites for hydroxylation is 2. The molecule has 1 aromatic heterocycles. The van der Waals surface area contributed by atoms with Crippen LogP contribution in [0.25, 0.3) is 0 Å². The van der Waals surface area contributed by atoms with E-state index in [2.05, 4.69) is 0 Å². The molecule has 0 bridgehead atoms. The molecule has 1 aromatic rings. The molecule has 15 heavy (non-hydrogen) atoms. The lowest BCUT2D eigenvalue weighted by atomic mass is 10.1. The summed E-state index contributed by atoms with van der Waals surface area (Å²) in [5.41, 5.74) is 6.75. The molecule has 0 spiro atoms. The third-order valence-electron chi connectivity index (χ3n) is 2.07. The smallest absolute Gasteiger partial charge is 0.342 e. The molecular formula is C10H16ClNO3. The van der Waals surface area contributed by atoms with E-state index in [4.69, 9.17) is 14.9 Å². The number of halogens is 1. The zero-order valence-corrected chi connectivity index (χ0v) is 9.94. The van der Waals surface area contributed by atoms with Crippen molar-refractivity contribution >= 4 is 18.4 Å². The third-order valence-corrected chi connectivity index (χ3v) is 2.07. The van der Waals surface area contributed by atoms with Gasteiger partial charge in [-0.25, -0.2) is 4.79 Å². The molecule has 5 heteroatoms. The van der Waals surface area contributed by atoms with Gasteiger partial charge in [-0.3, -0.25) is 0 Å². The van der Waals surface area contributed by atoms with E-state index < -0.39 is 0 Å². The Balaban J connectivity index is 0.00000196. The van der Waals surface area contributed by atoms with Crippen LogP contribution in [-0.2, 0) is 11.3 Å². The lowest BCUT2D eigenvalue weighted by molar-refractivity contribution is 0.0523. The fraction of sp³-hybridized carbons (Fsp3) is 0.500. The summed E-state index contributed by atoms with van der Waals surface area (Å²) in [6.07, 6.45) is 0. The summed E-state index contributed by atoms with van der Waals surface area (Å²) in [5.74, 6) is 0.900. The standard InChI is InChI=1S/C10H15NO3.ClH/c1-4-13-10(12)9-7(3)14-6(2)8(9)5-11;/h4-5,11H2,1-3H3;1H. The highest BCUT2D eigenvalue weighted by molar-refractivity contribution is 5.92. The first-order chi connectivity index (χ1) is 6.61. The number of carbonyl (C=O) groups excluding carboxylic acids is 1. The van der Waals surface area contributed by atoms with E-state index in [0.29, 0.717) is 23.7 Å². The molecule has 0 fully saturated rings. The third kappa shape index (κ3) is 2.73. The molecule has 2 N–H and O–H groups in total. The molecule has 0 saturated heterocycles. The molecule has 1 rings (SSSR count). The molecule has 0 aliphatic rings. The van der Waals surface area contributed by atoms with Gasteiger partial charge in [0, 0.05) is 12.1 Å². The van der Waals surface area contributed by atoms with Crippen LogP contribution < -0.4 is 5.73 Å². The number of esters is 1. The van der Waals surface area contributed by atoms with Crippen molar-refractivity contribution in [2.45, 2.75) is 27.3 Å². The second-order valence-corrected chi connectivity index (χ2v) is 2.99. The number of carbonyl (C=O) groups is 1. The molecule has 0 aliphatic carbocycles. The Hall–Kier alpha value is -1.00. The van der Waals surface area contributed by atoms with Gasteiger partial charge in [-0.05, 0) is 20.8 Å². The summed E-state index contributed by atoms with van der Waals surface area (Å²) in [7, 11) is 0. The maximum absolute atomic E-state index is 11.5. The van der Waals surface area contributed by atoms with Crippen molar-refractivity contribution in [1.82, 2.24) is 0 Å². The summed E-state index contributed by atoms with van der Waals surface area (Å²) in [5, 5.41) is 0. The van der Waals surface area contributed by atoms with Gasteiger partial charge >= 0.3 is 5.97 Å². The molecule has 0 saturated carbocycles. The fourth-order valence-electron chi connectivity index (χ4n) is 1.45. The minimum atomic E-state index is -0.359. The molecule has 0 unspecified atom stereocenters. The zero-order chi connectivity index (χ0) is 10.7. The Morgan fingerprint density at radius 1 is 1.40 bits per heavy atom. The zero-order valence-electron chi connectivity index (χ0n) is 9.12. The molecule has 86 valence electrons. The van der Waals surface area contributed by atoms with E-state index in [9.17, 15) is 4.79 Å². The Labute approximate surface area is 95.2 Å². The van der Waals surface area contributed by atoms with Crippen molar-refractivity contribution in [2.75, 3.05) is 6.61 Å². The quantitative estimate of drug-likeness (QED) is 0.811. The highest BCUT2D eigenvalue weighted by Gasteiger charge is 2.21. The van der Waals surface area contributed by atoms with E-state index in [1.807, 2.05) is 0 Å². The van der Waals surface area contributed by atoms with Crippen molar-refractivity contribution in [3.8, 4) is 0 Å². The van der Waals surface area contributed by atoms with Crippen LogP contribution in [0.1, 0.15) is 34.4 Å². The molecule has 4 nitrogen and oxygen atoms in total. The highest BCUT2D eigenvalue weighted by atomic mass is 35.5. The number of furan rings is 1. The molecule has 0 radical (unpaired) electrons. The van der Waals surface area contributed by atoms with Crippen LogP contribution in [0.4, 0.5) is 0 Å².